The first-order valence-electron chi connectivity index (χ1n) is 7.58. The fourth-order valence-electron chi connectivity index (χ4n) is 2.52. The minimum Gasteiger partial charge on any atom is -0.505 e. The fourth-order valence-corrected chi connectivity index (χ4v) is 2.52. The van der Waals surface area contributed by atoms with Crippen LogP contribution in [-0.4, -0.2) is 36.7 Å². The molecule has 0 bridgehead atoms. The molecule has 3 heterocycles. The maximum Gasteiger partial charge on any atom is 0.290 e. The van der Waals surface area contributed by atoms with E-state index in [0.717, 1.165) is 0 Å². The zero-order chi connectivity index (χ0) is 18.0. The quantitative estimate of drug-likeness (QED) is 0.490. The second-order valence-electron chi connectivity index (χ2n) is 5.46. The van der Waals surface area contributed by atoms with Crippen LogP contribution in [0.25, 0.3) is 5.65 Å². The topological polar surface area (TPSA) is 112 Å². The van der Waals surface area contributed by atoms with Crippen molar-refractivity contribution < 1.29 is 15.0 Å². The summed E-state index contributed by atoms with van der Waals surface area (Å²) in [6.45, 7) is 3.07. The molecule has 1 amide bonds. The lowest BCUT2D eigenvalue weighted by Gasteiger charge is -2.07. The number of nitrogens with one attached hydrogen (secondary N) is 1. The summed E-state index contributed by atoms with van der Waals surface area (Å²) >= 11 is 0. The Balaban J connectivity index is 1.87. The van der Waals surface area contributed by atoms with Crippen molar-refractivity contribution in [2.45, 2.75) is 20.5 Å². The molecule has 0 fully saturated rings. The standard InChI is InChI=1S/C17H17N5O3/c1-10-15(22-6-4-3-5-14(22)20-10)17(25)21-19-8-13-12(9-23)7-18-11(2)16(13)24/h3-8,23-24H,9H2,1-2H3,(H,21,25)/b19-8+. The van der Waals surface area contributed by atoms with E-state index in [-0.39, 0.29) is 12.4 Å². The van der Waals surface area contributed by atoms with Crippen molar-refractivity contribution in [3.05, 3.63) is 58.8 Å². The number of carbonyl (C=O) groups is 1. The molecule has 0 saturated carbocycles. The van der Waals surface area contributed by atoms with E-state index in [0.29, 0.717) is 33.9 Å². The number of nitrogens with zero attached hydrogens (tertiary/aromatic N) is 4. The lowest BCUT2D eigenvalue weighted by molar-refractivity contribution is 0.0948. The van der Waals surface area contributed by atoms with Crippen molar-refractivity contribution in [2.24, 2.45) is 5.10 Å². The number of aryl methyl sites for hydroxylation is 2. The van der Waals surface area contributed by atoms with E-state index in [4.69, 9.17) is 0 Å². The Morgan fingerprint density at radius 3 is 2.92 bits per heavy atom. The molecule has 3 N–H and O–H groups in total. The van der Waals surface area contributed by atoms with Crippen molar-refractivity contribution in [1.29, 1.82) is 0 Å². The summed E-state index contributed by atoms with van der Waals surface area (Å²) in [4.78, 5) is 20.7. The maximum atomic E-state index is 12.4. The first-order valence-corrected chi connectivity index (χ1v) is 7.58. The third kappa shape index (κ3) is 3.07. The molecular formula is C17H17N5O3. The number of pyridine rings is 2. The Hall–Kier alpha value is -3.26. The van der Waals surface area contributed by atoms with Gasteiger partial charge in [-0.05, 0) is 26.0 Å². The molecule has 0 spiro atoms. The Morgan fingerprint density at radius 1 is 1.36 bits per heavy atom. The summed E-state index contributed by atoms with van der Waals surface area (Å²) in [6, 6.07) is 5.45. The Morgan fingerprint density at radius 2 is 2.16 bits per heavy atom. The van der Waals surface area contributed by atoms with Crippen LogP contribution in [0, 0.1) is 13.8 Å². The van der Waals surface area contributed by atoms with Crippen molar-refractivity contribution in [2.75, 3.05) is 0 Å². The van der Waals surface area contributed by atoms with Crippen LogP contribution in [0.5, 0.6) is 5.75 Å². The molecule has 3 rings (SSSR count). The molecule has 0 atom stereocenters. The Labute approximate surface area is 143 Å². The Kier molecular flexibility index (Phi) is 4.44. The van der Waals surface area contributed by atoms with Gasteiger partial charge >= 0.3 is 0 Å². The molecule has 0 saturated heterocycles. The van der Waals surface area contributed by atoms with E-state index in [2.05, 4.69) is 20.5 Å². The number of rotatable bonds is 4. The van der Waals surface area contributed by atoms with Gasteiger partial charge in [-0.15, -0.1) is 0 Å². The number of amides is 1. The lowest BCUT2D eigenvalue weighted by atomic mass is 10.1. The van der Waals surface area contributed by atoms with Crippen LogP contribution in [-0.2, 0) is 6.61 Å². The minimum absolute atomic E-state index is 0.0875. The number of fused-ring (bicyclic) bond motifs is 1. The average Bonchev–Trinajstić information content (AvgIpc) is 2.94. The van der Waals surface area contributed by atoms with E-state index in [1.54, 1.807) is 36.6 Å². The highest BCUT2D eigenvalue weighted by Crippen LogP contribution is 2.21. The molecule has 8 nitrogen and oxygen atoms in total. The van der Waals surface area contributed by atoms with Gasteiger partial charge in [0.25, 0.3) is 5.91 Å². The SMILES string of the molecule is Cc1ncc(CO)c(/C=N/NC(=O)c2c(C)nc3ccccn23)c1O. The first kappa shape index (κ1) is 16.6. The molecule has 0 aliphatic rings. The molecule has 0 aromatic carbocycles. The number of aliphatic hydroxyl groups excluding tert-OH is 1. The van der Waals surface area contributed by atoms with Crippen molar-refractivity contribution >= 4 is 17.8 Å². The molecular weight excluding hydrogens is 322 g/mol. The van der Waals surface area contributed by atoms with Gasteiger partial charge in [0.15, 0.2) is 0 Å². The van der Waals surface area contributed by atoms with Gasteiger partial charge in [-0.1, -0.05) is 6.07 Å². The lowest BCUT2D eigenvalue weighted by Crippen LogP contribution is -2.20. The van der Waals surface area contributed by atoms with Gasteiger partial charge in [-0.3, -0.25) is 14.2 Å². The summed E-state index contributed by atoms with van der Waals surface area (Å²) in [7, 11) is 0. The molecule has 128 valence electrons. The number of hydrogen-bond donors (Lipinski definition) is 3. The normalized spacial score (nSPS) is 11.3. The van der Waals surface area contributed by atoms with Gasteiger partial charge in [0.1, 0.15) is 17.1 Å². The fraction of sp³-hybridized carbons (Fsp3) is 0.176. The molecule has 3 aromatic rings. The molecule has 0 radical (unpaired) electrons. The first-order chi connectivity index (χ1) is 12.0. The summed E-state index contributed by atoms with van der Waals surface area (Å²) in [5, 5.41) is 23.3. The highest BCUT2D eigenvalue weighted by Gasteiger charge is 2.16. The number of aromatic nitrogens is 3. The molecule has 3 aromatic heterocycles. The molecule has 0 aliphatic heterocycles. The predicted molar refractivity (Wildman–Crippen MR) is 91.6 cm³/mol. The monoisotopic (exact) mass is 339 g/mol. The molecule has 25 heavy (non-hydrogen) atoms. The van der Waals surface area contributed by atoms with Gasteiger partial charge in [-0.25, -0.2) is 10.4 Å². The van der Waals surface area contributed by atoms with E-state index in [9.17, 15) is 15.0 Å². The second kappa shape index (κ2) is 6.70. The van der Waals surface area contributed by atoms with E-state index < -0.39 is 5.91 Å². The second-order valence-corrected chi connectivity index (χ2v) is 5.46. The summed E-state index contributed by atoms with van der Waals surface area (Å²) < 4.78 is 1.67. The van der Waals surface area contributed by atoms with Gasteiger partial charge in [-0.2, -0.15) is 5.10 Å². The minimum atomic E-state index is -0.428. The van der Waals surface area contributed by atoms with Gasteiger partial charge < -0.3 is 10.2 Å². The van der Waals surface area contributed by atoms with Crippen LogP contribution >= 0.6 is 0 Å². The zero-order valence-electron chi connectivity index (χ0n) is 13.8. The largest absolute Gasteiger partial charge is 0.505 e. The van der Waals surface area contributed by atoms with Crippen molar-refractivity contribution in [3.8, 4) is 5.75 Å². The maximum absolute atomic E-state index is 12.4. The van der Waals surface area contributed by atoms with E-state index in [1.807, 2.05) is 6.07 Å². The van der Waals surface area contributed by atoms with Crippen LogP contribution in [0.4, 0.5) is 0 Å². The number of carbonyl (C=O) groups excluding carboxylic acids is 1. The zero-order valence-corrected chi connectivity index (χ0v) is 13.8. The highest BCUT2D eigenvalue weighted by molar-refractivity contribution is 5.95. The predicted octanol–water partition coefficient (Wildman–Crippen LogP) is 1.31. The van der Waals surface area contributed by atoms with E-state index >= 15 is 0 Å². The van der Waals surface area contributed by atoms with E-state index in [1.165, 1.54) is 12.4 Å². The third-order valence-electron chi connectivity index (χ3n) is 3.81. The van der Waals surface area contributed by atoms with Crippen LogP contribution in [0.2, 0.25) is 0 Å². The Bertz CT molecular complexity index is 978. The number of aliphatic hydroxyl groups is 1. The van der Waals surface area contributed by atoms with Crippen LogP contribution < -0.4 is 5.43 Å². The highest BCUT2D eigenvalue weighted by atomic mass is 16.3. The van der Waals surface area contributed by atoms with Crippen LogP contribution in [0.15, 0.2) is 35.7 Å². The van der Waals surface area contributed by atoms with Crippen LogP contribution in [0.3, 0.4) is 0 Å². The summed E-state index contributed by atoms with van der Waals surface area (Å²) in [6.07, 6.45) is 4.48. The number of imidazole rings is 1. The number of hydrogen-bond acceptors (Lipinski definition) is 6. The molecule has 0 aliphatic carbocycles. The average molecular weight is 339 g/mol. The smallest absolute Gasteiger partial charge is 0.290 e. The van der Waals surface area contributed by atoms with Gasteiger partial charge in [0, 0.05) is 23.5 Å². The van der Waals surface area contributed by atoms with Crippen molar-refractivity contribution in [1.82, 2.24) is 19.8 Å². The number of hydrazone groups is 1. The molecule has 0 unspecified atom stereocenters. The van der Waals surface area contributed by atoms with Crippen LogP contribution in [0.1, 0.15) is 33.0 Å². The van der Waals surface area contributed by atoms with Crippen molar-refractivity contribution in [3.63, 3.8) is 0 Å². The summed E-state index contributed by atoms with van der Waals surface area (Å²) in [5.74, 6) is -0.515. The molecule has 8 heteroatoms. The van der Waals surface area contributed by atoms with Gasteiger partial charge in [0.2, 0.25) is 0 Å². The van der Waals surface area contributed by atoms with Gasteiger partial charge in [0.05, 0.1) is 24.2 Å². The summed E-state index contributed by atoms with van der Waals surface area (Å²) in [5.41, 5.74) is 5.17. The number of aromatic hydroxyl groups is 1. The third-order valence-corrected chi connectivity index (χ3v) is 3.81.